The monoisotopic (exact) mass is 94.0 g/mol. The second-order valence-corrected chi connectivity index (χ2v) is 0.316. The van der Waals surface area contributed by atoms with Crippen LogP contribution in [0.1, 0.15) is 0 Å². The SMILES string of the molecule is C=C.O=[PH2]O. The molecule has 0 spiro atoms. The Morgan fingerprint density at radius 1 is 1.60 bits per heavy atom. The van der Waals surface area contributed by atoms with Crippen LogP contribution in [0, 0.1) is 0 Å². The molecule has 1 N–H and O–H groups in total. The lowest BCUT2D eigenvalue weighted by molar-refractivity contribution is 0.524. The summed E-state index contributed by atoms with van der Waals surface area (Å²) in [6.07, 6.45) is 0. The van der Waals surface area contributed by atoms with Crippen molar-refractivity contribution in [2.45, 2.75) is 0 Å². The third-order valence-electron chi connectivity index (χ3n) is 0. The van der Waals surface area contributed by atoms with Gasteiger partial charge in [-0.2, -0.15) is 0 Å². The minimum atomic E-state index is -1.50. The van der Waals surface area contributed by atoms with Gasteiger partial charge in [0.25, 0.3) is 0 Å². The molecule has 3 heteroatoms. The zero-order chi connectivity index (χ0) is 4.71. The molecular weight excluding hydrogens is 87.0 g/mol. The van der Waals surface area contributed by atoms with Crippen molar-refractivity contribution in [3.05, 3.63) is 13.2 Å². The van der Waals surface area contributed by atoms with Crippen LogP contribution in [0.25, 0.3) is 0 Å². The van der Waals surface area contributed by atoms with Crippen molar-refractivity contribution in [3.8, 4) is 0 Å². The van der Waals surface area contributed by atoms with Gasteiger partial charge in [-0.1, -0.05) is 0 Å². The molecule has 32 valence electrons. The van der Waals surface area contributed by atoms with Crippen molar-refractivity contribution in [3.63, 3.8) is 0 Å². The van der Waals surface area contributed by atoms with Gasteiger partial charge in [0.1, 0.15) is 0 Å². The molecule has 0 aromatic heterocycles. The maximum atomic E-state index is 8.57. The van der Waals surface area contributed by atoms with Crippen molar-refractivity contribution < 1.29 is 9.46 Å². The number of rotatable bonds is 0. The summed E-state index contributed by atoms with van der Waals surface area (Å²) in [7, 11) is -1.50. The molecule has 1 unspecified atom stereocenters. The minimum Gasteiger partial charge on any atom is -0.348 e. The van der Waals surface area contributed by atoms with Crippen molar-refractivity contribution >= 4 is 8.69 Å². The smallest absolute Gasteiger partial charge is 0.177 e. The van der Waals surface area contributed by atoms with E-state index in [4.69, 9.17) is 9.46 Å². The predicted octanol–water partition coefficient (Wildman–Crippen LogP) is 0.452. The van der Waals surface area contributed by atoms with E-state index in [0.29, 0.717) is 0 Å². The fraction of sp³-hybridized carbons (Fsp3) is 0. The van der Waals surface area contributed by atoms with Gasteiger partial charge < -0.3 is 4.89 Å². The molecule has 0 saturated carbocycles. The van der Waals surface area contributed by atoms with E-state index >= 15 is 0 Å². The first-order valence-corrected chi connectivity index (χ1v) is 1.98. The van der Waals surface area contributed by atoms with Gasteiger partial charge in [0.05, 0.1) is 0 Å². The Kier molecular flexibility index (Phi) is 69.2. The van der Waals surface area contributed by atoms with E-state index in [0.717, 1.165) is 0 Å². The Morgan fingerprint density at radius 2 is 1.60 bits per heavy atom. The summed E-state index contributed by atoms with van der Waals surface area (Å²) in [5, 5.41) is 0. The lowest BCUT2D eigenvalue weighted by Gasteiger charge is -1.33. The number of hydrogen-bond donors (Lipinski definition) is 1. The summed E-state index contributed by atoms with van der Waals surface area (Å²) in [5.74, 6) is 0. The summed E-state index contributed by atoms with van der Waals surface area (Å²) in [6.45, 7) is 6.00. The highest BCUT2D eigenvalue weighted by Crippen LogP contribution is 1.66. The van der Waals surface area contributed by atoms with Gasteiger partial charge in [-0.25, -0.2) is 0 Å². The Hall–Kier alpha value is -0.0700. The van der Waals surface area contributed by atoms with Gasteiger partial charge in [-0.15, -0.1) is 13.2 Å². The fourth-order valence-electron chi connectivity index (χ4n) is 0. The first-order chi connectivity index (χ1) is 2.41. The standard InChI is InChI=1S/C2H4.H3O2P/c1-2;1-3-2/h1-2H2;3H2,(H,1,2). The van der Waals surface area contributed by atoms with E-state index in [9.17, 15) is 0 Å². The van der Waals surface area contributed by atoms with Crippen molar-refractivity contribution in [2.75, 3.05) is 0 Å². The van der Waals surface area contributed by atoms with Crippen LogP contribution in [0.3, 0.4) is 0 Å². The molecule has 0 aliphatic rings. The summed E-state index contributed by atoms with van der Waals surface area (Å²) in [6, 6.07) is 0. The second-order valence-electron chi connectivity index (χ2n) is 0.105. The van der Waals surface area contributed by atoms with Gasteiger partial charge in [-0.05, 0) is 0 Å². The van der Waals surface area contributed by atoms with Gasteiger partial charge in [0.15, 0.2) is 8.69 Å². The molecule has 0 aliphatic carbocycles. The van der Waals surface area contributed by atoms with E-state index in [1.807, 2.05) is 0 Å². The lowest BCUT2D eigenvalue weighted by atomic mass is 11.3. The average molecular weight is 94.0 g/mol. The van der Waals surface area contributed by atoms with E-state index in [1.165, 1.54) is 0 Å². The fourth-order valence-corrected chi connectivity index (χ4v) is 0. The van der Waals surface area contributed by atoms with Crippen LogP contribution in [0.2, 0.25) is 0 Å². The maximum absolute atomic E-state index is 8.57. The minimum absolute atomic E-state index is 1.50. The molecule has 0 rings (SSSR count). The van der Waals surface area contributed by atoms with Gasteiger partial charge >= 0.3 is 0 Å². The third kappa shape index (κ3) is 2990. The summed E-state index contributed by atoms with van der Waals surface area (Å²) < 4.78 is 8.57. The lowest BCUT2D eigenvalue weighted by Crippen LogP contribution is -1.03. The van der Waals surface area contributed by atoms with Crippen LogP contribution in [-0.4, -0.2) is 4.89 Å². The van der Waals surface area contributed by atoms with E-state index in [2.05, 4.69) is 13.2 Å². The Labute approximate surface area is 32.4 Å². The molecule has 0 amide bonds. The topological polar surface area (TPSA) is 37.3 Å². The van der Waals surface area contributed by atoms with Crippen LogP contribution in [0.5, 0.6) is 0 Å². The zero-order valence-electron chi connectivity index (χ0n) is 2.85. The normalized spacial score (nSPS) is 6.60. The highest BCUT2D eigenvalue weighted by molar-refractivity contribution is 7.16. The molecule has 0 bridgehead atoms. The summed E-state index contributed by atoms with van der Waals surface area (Å²) in [4.78, 5) is 7.10. The first kappa shape index (κ1) is 8.87. The molecule has 1 atom stereocenters. The Balaban J connectivity index is 0. The second kappa shape index (κ2) is 39.0. The average Bonchev–Trinajstić information content (AvgIpc) is 1.46. The highest BCUT2D eigenvalue weighted by Gasteiger charge is 1.17. The van der Waals surface area contributed by atoms with Crippen molar-refractivity contribution in [1.29, 1.82) is 0 Å². The Morgan fingerprint density at radius 3 is 1.60 bits per heavy atom. The zero-order valence-corrected chi connectivity index (χ0v) is 4.00. The molecule has 0 aliphatic heterocycles. The Bertz CT molecular complexity index is 21.6. The molecule has 0 radical (unpaired) electrons. The van der Waals surface area contributed by atoms with Crippen LogP contribution >= 0.6 is 8.69 Å². The molecule has 2 nitrogen and oxygen atoms in total. The van der Waals surface area contributed by atoms with E-state index in [-0.39, 0.29) is 0 Å². The van der Waals surface area contributed by atoms with Gasteiger partial charge in [-0.3, -0.25) is 4.57 Å². The van der Waals surface area contributed by atoms with Crippen LogP contribution in [0.15, 0.2) is 13.2 Å². The quantitative estimate of drug-likeness (QED) is 0.349. The molecule has 0 fully saturated rings. The van der Waals surface area contributed by atoms with Crippen LogP contribution < -0.4 is 0 Å². The summed E-state index contributed by atoms with van der Waals surface area (Å²) >= 11 is 0. The van der Waals surface area contributed by atoms with E-state index < -0.39 is 8.69 Å². The van der Waals surface area contributed by atoms with Crippen LogP contribution in [-0.2, 0) is 4.57 Å². The molecule has 0 aromatic carbocycles. The maximum Gasteiger partial charge on any atom is 0.177 e. The molecule has 0 saturated heterocycles. The molecular formula is C2H7O2P. The predicted molar refractivity (Wildman–Crippen MR) is 23.9 cm³/mol. The summed E-state index contributed by atoms with van der Waals surface area (Å²) in [5.41, 5.74) is 0. The highest BCUT2D eigenvalue weighted by atomic mass is 31.1. The van der Waals surface area contributed by atoms with Crippen molar-refractivity contribution in [1.82, 2.24) is 0 Å². The third-order valence-corrected chi connectivity index (χ3v) is 0. The van der Waals surface area contributed by atoms with E-state index in [1.54, 1.807) is 0 Å². The molecule has 0 heterocycles. The van der Waals surface area contributed by atoms with Gasteiger partial charge in [0, 0.05) is 0 Å². The van der Waals surface area contributed by atoms with Crippen LogP contribution in [0.4, 0.5) is 0 Å². The molecule has 5 heavy (non-hydrogen) atoms. The molecule has 0 aromatic rings. The number of hydrogen-bond acceptors (Lipinski definition) is 1. The largest absolute Gasteiger partial charge is 0.348 e. The van der Waals surface area contributed by atoms with Crippen molar-refractivity contribution in [2.24, 2.45) is 0 Å². The first-order valence-electron chi connectivity index (χ1n) is 0.994. The van der Waals surface area contributed by atoms with Gasteiger partial charge in [0.2, 0.25) is 0 Å².